The van der Waals surface area contributed by atoms with Crippen LogP contribution < -0.4 is 10.6 Å². The van der Waals surface area contributed by atoms with Crippen LogP contribution in [0.5, 0.6) is 0 Å². The second kappa shape index (κ2) is 5.05. The summed E-state index contributed by atoms with van der Waals surface area (Å²) >= 11 is 1.59. The van der Waals surface area contributed by atoms with E-state index in [-0.39, 0.29) is 0 Å². The molecule has 0 saturated heterocycles. The lowest BCUT2D eigenvalue weighted by molar-refractivity contribution is 0.950. The van der Waals surface area contributed by atoms with Gasteiger partial charge in [0.25, 0.3) is 0 Å². The highest BCUT2D eigenvalue weighted by Crippen LogP contribution is 2.26. The van der Waals surface area contributed by atoms with Crippen LogP contribution in [-0.2, 0) is 0 Å². The summed E-state index contributed by atoms with van der Waals surface area (Å²) < 4.78 is 0. The Bertz CT molecular complexity index is 496. The van der Waals surface area contributed by atoms with Crippen LogP contribution in [0.1, 0.15) is 0 Å². The van der Waals surface area contributed by atoms with Gasteiger partial charge in [-0.25, -0.2) is 9.97 Å². The molecule has 88 valence electrons. The fourth-order valence-electron chi connectivity index (χ4n) is 1.26. The molecule has 0 bridgehead atoms. The van der Waals surface area contributed by atoms with Crippen molar-refractivity contribution in [1.29, 1.82) is 0 Å². The summed E-state index contributed by atoms with van der Waals surface area (Å²) in [5, 5.41) is 0.925. The maximum absolute atomic E-state index is 5.64. The van der Waals surface area contributed by atoms with E-state index in [1.54, 1.807) is 18.0 Å². The topological polar surface area (TPSA) is 55.0 Å². The lowest BCUT2D eigenvalue weighted by atomic mass is 10.3. The van der Waals surface area contributed by atoms with Crippen molar-refractivity contribution >= 4 is 23.4 Å². The first-order valence-corrected chi connectivity index (χ1v) is 6.00. The van der Waals surface area contributed by atoms with Gasteiger partial charge in [0, 0.05) is 30.9 Å². The Hall–Kier alpha value is -1.75. The Kier molecular flexibility index (Phi) is 3.49. The summed E-state index contributed by atoms with van der Waals surface area (Å²) in [6.45, 7) is 0. The van der Waals surface area contributed by atoms with Gasteiger partial charge in [-0.05, 0) is 30.3 Å². The highest BCUT2D eigenvalue weighted by molar-refractivity contribution is 7.99. The quantitative estimate of drug-likeness (QED) is 0.665. The number of hydrogen-bond acceptors (Lipinski definition) is 5. The number of nitrogen functional groups attached to an aromatic ring is 1. The van der Waals surface area contributed by atoms with Crippen molar-refractivity contribution in [3.63, 3.8) is 0 Å². The number of aromatic nitrogens is 2. The van der Waals surface area contributed by atoms with Crippen LogP contribution in [0.3, 0.4) is 0 Å². The van der Waals surface area contributed by atoms with Crippen LogP contribution in [-0.4, -0.2) is 24.1 Å². The van der Waals surface area contributed by atoms with E-state index in [0.29, 0.717) is 5.95 Å². The molecule has 0 aliphatic carbocycles. The van der Waals surface area contributed by atoms with Gasteiger partial charge < -0.3 is 10.6 Å². The first kappa shape index (κ1) is 11.7. The van der Waals surface area contributed by atoms with Gasteiger partial charge in [-0.15, -0.1) is 0 Å². The normalized spacial score (nSPS) is 10.2. The minimum Gasteiger partial charge on any atom is -0.399 e. The molecule has 0 spiro atoms. The first-order chi connectivity index (χ1) is 8.15. The largest absolute Gasteiger partial charge is 0.399 e. The van der Waals surface area contributed by atoms with Gasteiger partial charge in [-0.2, -0.15) is 0 Å². The molecule has 0 atom stereocenters. The van der Waals surface area contributed by atoms with Crippen molar-refractivity contribution < 1.29 is 0 Å². The standard InChI is InChI=1S/C12H14N4S/c1-16(2)12-14-8-7-11(15-12)17-10-5-3-9(13)4-6-10/h3-8H,13H2,1-2H3. The average molecular weight is 246 g/mol. The van der Waals surface area contributed by atoms with E-state index in [0.717, 1.165) is 15.6 Å². The maximum Gasteiger partial charge on any atom is 0.225 e. The molecular weight excluding hydrogens is 232 g/mol. The van der Waals surface area contributed by atoms with Crippen molar-refractivity contribution in [1.82, 2.24) is 9.97 Å². The van der Waals surface area contributed by atoms with Crippen LogP contribution in [0.25, 0.3) is 0 Å². The SMILES string of the molecule is CN(C)c1nccc(Sc2ccc(N)cc2)n1. The third-order valence-corrected chi connectivity index (χ3v) is 3.06. The maximum atomic E-state index is 5.64. The summed E-state index contributed by atoms with van der Waals surface area (Å²) in [5.74, 6) is 0.713. The predicted octanol–water partition coefficient (Wildman–Crippen LogP) is 2.28. The molecule has 1 aromatic carbocycles. The summed E-state index contributed by atoms with van der Waals surface area (Å²) in [6.07, 6.45) is 1.77. The minimum absolute atomic E-state index is 0.713. The molecule has 4 nitrogen and oxygen atoms in total. The summed E-state index contributed by atoms with van der Waals surface area (Å²) in [6, 6.07) is 9.63. The van der Waals surface area contributed by atoms with Crippen molar-refractivity contribution in [2.45, 2.75) is 9.92 Å². The fraction of sp³-hybridized carbons (Fsp3) is 0.167. The predicted molar refractivity (Wildman–Crippen MR) is 71.3 cm³/mol. The second-order valence-electron chi connectivity index (χ2n) is 3.76. The first-order valence-electron chi connectivity index (χ1n) is 5.19. The molecule has 0 unspecified atom stereocenters. The van der Waals surface area contributed by atoms with Crippen molar-refractivity contribution in [2.75, 3.05) is 24.7 Å². The van der Waals surface area contributed by atoms with Gasteiger partial charge in [-0.3, -0.25) is 0 Å². The lowest BCUT2D eigenvalue weighted by Gasteiger charge is -2.10. The number of nitrogens with zero attached hydrogens (tertiary/aromatic N) is 3. The minimum atomic E-state index is 0.713. The highest BCUT2D eigenvalue weighted by atomic mass is 32.2. The van der Waals surface area contributed by atoms with Gasteiger partial charge in [0.1, 0.15) is 5.03 Å². The zero-order chi connectivity index (χ0) is 12.3. The Morgan fingerprint density at radius 3 is 2.47 bits per heavy atom. The molecule has 0 fully saturated rings. The van der Waals surface area contributed by atoms with E-state index >= 15 is 0 Å². The molecule has 2 rings (SSSR count). The molecule has 0 aliphatic rings. The Balaban J connectivity index is 2.18. The molecule has 0 amide bonds. The van der Waals surface area contributed by atoms with Gasteiger partial charge in [0.15, 0.2) is 0 Å². The summed E-state index contributed by atoms with van der Waals surface area (Å²) in [5.41, 5.74) is 6.41. The van der Waals surface area contributed by atoms with E-state index in [9.17, 15) is 0 Å². The Labute approximate surface area is 105 Å². The van der Waals surface area contributed by atoms with Crippen molar-refractivity contribution in [3.8, 4) is 0 Å². The average Bonchev–Trinajstić information content (AvgIpc) is 2.32. The molecule has 2 aromatic rings. The van der Waals surface area contributed by atoms with Gasteiger partial charge in [0.05, 0.1) is 0 Å². The molecule has 0 saturated carbocycles. The van der Waals surface area contributed by atoms with Crippen molar-refractivity contribution in [3.05, 3.63) is 36.5 Å². The fourth-order valence-corrected chi connectivity index (χ4v) is 2.03. The molecule has 17 heavy (non-hydrogen) atoms. The molecule has 2 N–H and O–H groups in total. The van der Waals surface area contributed by atoms with Gasteiger partial charge in [-0.1, -0.05) is 11.8 Å². The van der Waals surface area contributed by atoms with Crippen LogP contribution in [0, 0.1) is 0 Å². The van der Waals surface area contributed by atoms with E-state index in [1.165, 1.54) is 0 Å². The van der Waals surface area contributed by atoms with E-state index in [2.05, 4.69) is 9.97 Å². The van der Waals surface area contributed by atoms with E-state index in [4.69, 9.17) is 5.73 Å². The third kappa shape index (κ3) is 3.10. The number of anilines is 2. The lowest BCUT2D eigenvalue weighted by Crippen LogP contribution is -2.12. The monoisotopic (exact) mass is 246 g/mol. The van der Waals surface area contributed by atoms with Gasteiger partial charge in [0.2, 0.25) is 5.95 Å². The number of nitrogens with two attached hydrogens (primary N) is 1. The molecule has 5 heteroatoms. The summed E-state index contributed by atoms with van der Waals surface area (Å²) in [7, 11) is 3.85. The van der Waals surface area contributed by atoms with E-state index in [1.807, 2.05) is 49.3 Å². The Morgan fingerprint density at radius 2 is 1.82 bits per heavy atom. The van der Waals surface area contributed by atoms with Crippen LogP contribution in [0.4, 0.5) is 11.6 Å². The number of benzene rings is 1. The molecular formula is C12H14N4S. The van der Waals surface area contributed by atoms with Crippen LogP contribution in [0.2, 0.25) is 0 Å². The van der Waals surface area contributed by atoms with Crippen LogP contribution >= 0.6 is 11.8 Å². The number of rotatable bonds is 3. The summed E-state index contributed by atoms with van der Waals surface area (Å²) in [4.78, 5) is 11.6. The zero-order valence-corrected chi connectivity index (χ0v) is 10.6. The smallest absolute Gasteiger partial charge is 0.225 e. The third-order valence-electron chi connectivity index (χ3n) is 2.12. The highest BCUT2D eigenvalue weighted by Gasteiger charge is 2.02. The van der Waals surface area contributed by atoms with Gasteiger partial charge >= 0.3 is 0 Å². The molecule has 1 aromatic heterocycles. The zero-order valence-electron chi connectivity index (χ0n) is 9.79. The van der Waals surface area contributed by atoms with E-state index < -0.39 is 0 Å². The molecule has 1 heterocycles. The van der Waals surface area contributed by atoms with Crippen LogP contribution in [0.15, 0.2) is 46.5 Å². The molecule has 0 radical (unpaired) electrons. The Morgan fingerprint density at radius 1 is 1.12 bits per heavy atom. The molecule has 0 aliphatic heterocycles. The number of hydrogen-bond donors (Lipinski definition) is 1. The van der Waals surface area contributed by atoms with Crippen molar-refractivity contribution in [2.24, 2.45) is 0 Å². The second-order valence-corrected chi connectivity index (χ2v) is 4.85.